The molecule has 3 aromatic rings. The van der Waals surface area contributed by atoms with Crippen molar-refractivity contribution in [2.45, 2.75) is 6.92 Å². The van der Waals surface area contributed by atoms with Gasteiger partial charge in [0.15, 0.2) is 5.69 Å². The van der Waals surface area contributed by atoms with Crippen molar-refractivity contribution in [2.75, 3.05) is 12.4 Å². The van der Waals surface area contributed by atoms with Crippen molar-refractivity contribution in [3.05, 3.63) is 74.6 Å². The highest BCUT2D eigenvalue weighted by molar-refractivity contribution is 6.34. The zero-order valence-corrected chi connectivity index (χ0v) is 16.1. The predicted molar refractivity (Wildman–Crippen MR) is 106 cm³/mol. The maximum Gasteiger partial charge on any atom is 0.278 e. The van der Waals surface area contributed by atoms with E-state index in [4.69, 9.17) is 11.6 Å². The number of carbonyl (C=O) groups is 2. The van der Waals surface area contributed by atoms with Gasteiger partial charge in [0, 0.05) is 24.9 Å². The topological polar surface area (TPSA) is 132 Å². The van der Waals surface area contributed by atoms with Gasteiger partial charge in [-0.05, 0) is 31.2 Å². The Bertz CT molecular complexity index is 1130. The number of carbonyl (C=O) groups excluding carboxylic acids is 2. The molecule has 0 unspecified atom stereocenters. The Hall–Kier alpha value is -3.79. The van der Waals surface area contributed by atoms with Gasteiger partial charge in [0.25, 0.3) is 17.5 Å². The van der Waals surface area contributed by atoms with Crippen LogP contribution < -0.4 is 10.6 Å². The molecule has 10 nitrogen and oxygen atoms in total. The van der Waals surface area contributed by atoms with Crippen LogP contribution in [0.25, 0.3) is 5.69 Å². The first-order valence-electron chi connectivity index (χ1n) is 8.32. The molecule has 0 aliphatic carbocycles. The minimum Gasteiger partial charge on any atom is -0.355 e. The number of nitrogens with one attached hydrogen (secondary N) is 2. The molecule has 29 heavy (non-hydrogen) atoms. The van der Waals surface area contributed by atoms with E-state index in [0.717, 1.165) is 0 Å². The largest absolute Gasteiger partial charge is 0.355 e. The molecule has 0 bridgehead atoms. The number of hydrogen-bond donors (Lipinski definition) is 2. The van der Waals surface area contributed by atoms with E-state index in [2.05, 4.69) is 20.9 Å². The molecule has 1 aromatic heterocycles. The number of nitro benzene ring substituents is 1. The van der Waals surface area contributed by atoms with Gasteiger partial charge in [-0.25, -0.2) is 4.68 Å². The Morgan fingerprint density at radius 2 is 1.93 bits per heavy atom. The lowest BCUT2D eigenvalue weighted by Gasteiger charge is -2.08. The Morgan fingerprint density at radius 1 is 1.17 bits per heavy atom. The maximum atomic E-state index is 12.6. The summed E-state index contributed by atoms with van der Waals surface area (Å²) < 4.78 is 1.33. The minimum absolute atomic E-state index is 0.0351. The third-order valence-electron chi connectivity index (χ3n) is 4.09. The van der Waals surface area contributed by atoms with Crippen LogP contribution in [-0.2, 0) is 0 Å². The van der Waals surface area contributed by atoms with Gasteiger partial charge in [0.05, 0.1) is 26.9 Å². The van der Waals surface area contributed by atoms with E-state index in [1.807, 2.05) is 0 Å². The number of hydrogen-bond acceptors (Lipinski definition) is 6. The number of amides is 2. The predicted octanol–water partition coefficient (Wildman–Crippen LogP) is 2.75. The molecule has 0 atom stereocenters. The number of aromatic nitrogens is 3. The first-order valence-corrected chi connectivity index (χ1v) is 8.69. The zero-order chi connectivity index (χ0) is 21.1. The Labute approximate surface area is 169 Å². The number of nitro groups is 1. The zero-order valence-electron chi connectivity index (χ0n) is 15.3. The summed E-state index contributed by atoms with van der Waals surface area (Å²) in [6, 6.07) is 10.3. The third kappa shape index (κ3) is 4.06. The molecule has 2 amide bonds. The second-order valence-corrected chi connectivity index (χ2v) is 6.35. The van der Waals surface area contributed by atoms with Crippen LogP contribution in [0.15, 0.2) is 42.5 Å². The Balaban J connectivity index is 1.88. The number of benzene rings is 2. The van der Waals surface area contributed by atoms with Crippen molar-refractivity contribution >= 4 is 34.8 Å². The SMILES string of the molecule is CNC(=O)c1cc(NC(=O)c2nnn(-c3cccc([N+](=O)[O-])c3)c2C)ccc1Cl. The lowest BCUT2D eigenvalue weighted by molar-refractivity contribution is -0.384. The number of rotatable bonds is 5. The number of halogens is 1. The van der Waals surface area contributed by atoms with Crippen LogP contribution in [0.1, 0.15) is 26.5 Å². The minimum atomic E-state index is -0.552. The highest BCUT2D eigenvalue weighted by atomic mass is 35.5. The second-order valence-electron chi connectivity index (χ2n) is 5.94. The standard InChI is InChI=1S/C18H15ClN6O4/c1-10-16(22-23-24(10)12-4-3-5-13(9-12)25(28)29)18(27)21-11-6-7-15(19)14(8-11)17(26)20-2/h3-9H,1-2H3,(H,20,26)(H,21,27). The van der Waals surface area contributed by atoms with E-state index in [-0.39, 0.29) is 27.9 Å². The summed E-state index contributed by atoms with van der Waals surface area (Å²) >= 11 is 6.01. The van der Waals surface area contributed by atoms with Gasteiger partial charge in [-0.1, -0.05) is 22.9 Å². The average Bonchev–Trinajstić information content (AvgIpc) is 3.10. The van der Waals surface area contributed by atoms with Crippen LogP contribution in [0.4, 0.5) is 11.4 Å². The Kier molecular flexibility index (Phi) is 5.55. The van der Waals surface area contributed by atoms with Crippen molar-refractivity contribution in [3.63, 3.8) is 0 Å². The van der Waals surface area contributed by atoms with Gasteiger partial charge in [0.2, 0.25) is 0 Å². The number of nitrogens with zero attached hydrogens (tertiary/aromatic N) is 4. The fraction of sp³-hybridized carbons (Fsp3) is 0.111. The lowest BCUT2D eigenvalue weighted by Crippen LogP contribution is -2.19. The summed E-state index contributed by atoms with van der Waals surface area (Å²) in [4.78, 5) is 34.9. The molecule has 3 rings (SSSR count). The molecule has 0 saturated heterocycles. The van der Waals surface area contributed by atoms with E-state index in [0.29, 0.717) is 17.1 Å². The van der Waals surface area contributed by atoms with Crippen LogP contribution in [0.2, 0.25) is 5.02 Å². The van der Waals surface area contributed by atoms with E-state index in [9.17, 15) is 19.7 Å². The van der Waals surface area contributed by atoms with Crippen LogP contribution in [0.5, 0.6) is 0 Å². The lowest BCUT2D eigenvalue weighted by atomic mass is 10.2. The van der Waals surface area contributed by atoms with Crippen molar-refractivity contribution in [1.29, 1.82) is 0 Å². The van der Waals surface area contributed by atoms with Crippen molar-refractivity contribution < 1.29 is 14.5 Å². The average molecular weight is 415 g/mol. The van der Waals surface area contributed by atoms with Crippen LogP contribution in [0.3, 0.4) is 0 Å². The molecule has 0 radical (unpaired) electrons. The molecule has 0 spiro atoms. The fourth-order valence-electron chi connectivity index (χ4n) is 2.62. The molecule has 0 aliphatic rings. The summed E-state index contributed by atoms with van der Waals surface area (Å²) in [5.41, 5.74) is 1.28. The summed E-state index contributed by atoms with van der Waals surface area (Å²) in [7, 11) is 1.47. The highest BCUT2D eigenvalue weighted by Crippen LogP contribution is 2.22. The van der Waals surface area contributed by atoms with Gasteiger partial charge >= 0.3 is 0 Å². The first kappa shape index (κ1) is 20.0. The highest BCUT2D eigenvalue weighted by Gasteiger charge is 2.19. The van der Waals surface area contributed by atoms with Gasteiger partial charge in [-0.15, -0.1) is 5.10 Å². The van der Waals surface area contributed by atoms with Crippen molar-refractivity contribution in [1.82, 2.24) is 20.3 Å². The molecule has 0 aliphatic heterocycles. The summed E-state index contributed by atoms with van der Waals surface area (Å²) in [6.07, 6.45) is 0. The molecule has 2 N–H and O–H groups in total. The van der Waals surface area contributed by atoms with Crippen molar-refractivity contribution in [2.24, 2.45) is 0 Å². The molecule has 148 valence electrons. The molecule has 2 aromatic carbocycles. The smallest absolute Gasteiger partial charge is 0.278 e. The first-order chi connectivity index (χ1) is 13.8. The van der Waals surface area contributed by atoms with Gasteiger partial charge in [-0.2, -0.15) is 0 Å². The normalized spacial score (nSPS) is 10.4. The maximum absolute atomic E-state index is 12.6. The molecular weight excluding hydrogens is 400 g/mol. The molecule has 0 saturated carbocycles. The summed E-state index contributed by atoms with van der Waals surface area (Å²) in [5.74, 6) is -0.941. The van der Waals surface area contributed by atoms with Gasteiger partial charge in [0.1, 0.15) is 0 Å². The van der Waals surface area contributed by atoms with Crippen molar-refractivity contribution in [3.8, 4) is 5.69 Å². The van der Waals surface area contributed by atoms with Crippen LogP contribution >= 0.6 is 11.6 Å². The Morgan fingerprint density at radius 3 is 2.62 bits per heavy atom. The third-order valence-corrected chi connectivity index (χ3v) is 4.42. The summed E-state index contributed by atoms with van der Waals surface area (Å²) in [5, 5.41) is 24.1. The monoisotopic (exact) mass is 414 g/mol. The number of non-ortho nitro benzene ring substituents is 1. The molecule has 1 heterocycles. The summed E-state index contributed by atoms with van der Waals surface area (Å²) in [6.45, 7) is 1.62. The molecule has 11 heteroatoms. The van der Waals surface area contributed by atoms with E-state index >= 15 is 0 Å². The second kappa shape index (κ2) is 8.07. The quantitative estimate of drug-likeness (QED) is 0.487. The fourth-order valence-corrected chi connectivity index (χ4v) is 2.83. The van der Waals surface area contributed by atoms with Gasteiger partial charge in [-0.3, -0.25) is 19.7 Å². The van der Waals surface area contributed by atoms with Gasteiger partial charge < -0.3 is 10.6 Å². The van der Waals surface area contributed by atoms with E-state index < -0.39 is 10.8 Å². The van der Waals surface area contributed by atoms with Crippen LogP contribution in [0, 0.1) is 17.0 Å². The van der Waals surface area contributed by atoms with E-state index in [1.165, 1.54) is 42.1 Å². The van der Waals surface area contributed by atoms with Crippen LogP contribution in [-0.4, -0.2) is 38.8 Å². The molecular formula is C18H15ClN6O4. The van der Waals surface area contributed by atoms with E-state index in [1.54, 1.807) is 19.1 Å². The molecule has 0 fully saturated rings. The number of anilines is 1.